The van der Waals surface area contributed by atoms with E-state index >= 15 is 0 Å². The van der Waals surface area contributed by atoms with E-state index in [0.29, 0.717) is 36.7 Å². The number of allylic oxidation sites excluding steroid dienone is 1. The first-order chi connectivity index (χ1) is 27.8. The fourth-order valence-electron chi connectivity index (χ4n) is 8.50. The number of aliphatic hydroxyl groups excluding tert-OH is 3. The highest BCUT2D eigenvalue weighted by Gasteiger charge is 2.65. The first kappa shape index (κ1) is 43.3. The number of carbonyl (C=O) groups is 1. The molecular formula is C42H55N3O12. The summed E-state index contributed by atoms with van der Waals surface area (Å²) < 4.78 is 31.7. The number of non-ortho nitro benzene ring substituents is 1. The van der Waals surface area contributed by atoms with Crippen LogP contribution in [0.5, 0.6) is 17.2 Å². The molecule has 2 aliphatic carbocycles. The molecule has 1 fully saturated rings. The summed E-state index contributed by atoms with van der Waals surface area (Å²) in [5.74, 6) is -1.07. The maximum atomic E-state index is 14.5. The zero-order valence-electron chi connectivity index (χ0n) is 32.5. The molecule has 2 aromatic carbocycles. The van der Waals surface area contributed by atoms with E-state index in [1.165, 1.54) is 36.3 Å². The Balaban J connectivity index is 1.73. The number of benzene rings is 2. The number of hydrogen-bond donors (Lipinski definition) is 3. The predicted molar refractivity (Wildman–Crippen MR) is 211 cm³/mol. The Morgan fingerprint density at radius 2 is 1.72 bits per heavy atom. The van der Waals surface area contributed by atoms with Crippen molar-refractivity contribution in [3.05, 3.63) is 95.1 Å². The molecule has 0 aromatic heterocycles. The molecule has 1 heterocycles. The molecule has 1 amide bonds. The molecule has 0 spiro atoms. The van der Waals surface area contributed by atoms with Gasteiger partial charge in [0.15, 0.2) is 0 Å². The molecule has 0 unspecified atom stereocenters. The Morgan fingerprint density at radius 1 is 1.00 bits per heavy atom. The Hall–Kier alpha value is -4.80. The van der Waals surface area contributed by atoms with Gasteiger partial charge >= 0.3 is 6.09 Å². The number of unbranched alkanes of at least 4 members (excludes halogenated alkanes) is 2. The van der Waals surface area contributed by atoms with Crippen molar-refractivity contribution in [2.45, 2.75) is 62.7 Å². The van der Waals surface area contributed by atoms with Gasteiger partial charge in [-0.05, 0) is 73.4 Å². The van der Waals surface area contributed by atoms with E-state index in [9.17, 15) is 30.2 Å². The number of rotatable bonds is 23. The summed E-state index contributed by atoms with van der Waals surface area (Å²) in [6.45, 7) is 8.06. The Kier molecular flexibility index (Phi) is 16.0. The van der Waals surface area contributed by atoms with Gasteiger partial charge in [-0.15, -0.1) is 6.58 Å². The van der Waals surface area contributed by atoms with Crippen molar-refractivity contribution < 1.29 is 53.6 Å². The van der Waals surface area contributed by atoms with Crippen molar-refractivity contribution in [1.82, 2.24) is 4.90 Å². The summed E-state index contributed by atoms with van der Waals surface area (Å²) in [4.78, 5) is 32.3. The fraction of sp³-hybridized carbons (Fsp3) is 0.524. The second kappa shape index (κ2) is 21.1. The van der Waals surface area contributed by atoms with Gasteiger partial charge in [0.25, 0.3) is 5.69 Å². The quantitative estimate of drug-likeness (QED) is 0.0521. The van der Waals surface area contributed by atoms with Crippen molar-refractivity contribution in [1.29, 1.82) is 0 Å². The minimum absolute atomic E-state index is 0.00365. The lowest BCUT2D eigenvalue weighted by Crippen LogP contribution is -2.70. The first-order valence-electron chi connectivity index (χ1n) is 19.5. The molecule has 0 radical (unpaired) electrons. The Bertz CT molecular complexity index is 1730. The van der Waals surface area contributed by atoms with Gasteiger partial charge in [-0.2, -0.15) is 0 Å². The van der Waals surface area contributed by atoms with E-state index in [-0.39, 0.29) is 81.8 Å². The van der Waals surface area contributed by atoms with Crippen molar-refractivity contribution in [2.24, 2.45) is 22.9 Å². The molecule has 15 heteroatoms. The van der Waals surface area contributed by atoms with Gasteiger partial charge in [0.1, 0.15) is 37.0 Å². The normalized spacial score (nSPS) is 24.0. The highest BCUT2D eigenvalue weighted by atomic mass is 16.7. The fourth-order valence-corrected chi connectivity index (χ4v) is 8.50. The zero-order valence-corrected chi connectivity index (χ0v) is 32.5. The molecule has 310 valence electrons. The average molecular weight is 794 g/mol. The van der Waals surface area contributed by atoms with Gasteiger partial charge in [0, 0.05) is 49.8 Å². The van der Waals surface area contributed by atoms with Gasteiger partial charge in [-0.25, -0.2) is 4.79 Å². The standard InChI is InChI=1S/C42H55N3O12/c1-4-22-54-32-16-17-37-35(27-32)39-33(11-7-9-20-47)29(10-6-8-19-46)26-34-36(43-52-3)28-38(42(57-37,40(34)39)55-23-5-2)44(18-24-53-25-21-48)41(49)56-31-14-12-30(13-15-31)45(50)51/h4-5,12-17,26-27,29,33,38-40,46-48H,1-2,6-11,18-25,28H2,3H3/t29-,33+,38-,39+,40+,42+/m0/s1. The molecule has 0 saturated heterocycles. The van der Waals surface area contributed by atoms with Gasteiger partial charge in [-0.3, -0.25) is 15.0 Å². The highest BCUT2D eigenvalue weighted by molar-refractivity contribution is 6.03. The first-order valence-corrected chi connectivity index (χ1v) is 19.5. The lowest BCUT2D eigenvalue weighted by atomic mass is 9.55. The molecule has 1 aliphatic heterocycles. The molecule has 57 heavy (non-hydrogen) atoms. The summed E-state index contributed by atoms with van der Waals surface area (Å²) in [5, 5.41) is 45.0. The molecule has 5 rings (SSSR count). The number of carbonyl (C=O) groups excluding carboxylic acids is 1. The lowest BCUT2D eigenvalue weighted by Gasteiger charge is -2.59. The third-order valence-corrected chi connectivity index (χ3v) is 10.8. The minimum atomic E-state index is -1.55. The molecule has 3 N–H and O–H groups in total. The number of nitrogens with zero attached hydrogens (tertiary/aromatic N) is 3. The van der Waals surface area contributed by atoms with E-state index in [2.05, 4.69) is 24.4 Å². The monoisotopic (exact) mass is 793 g/mol. The lowest BCUT2D eigenvalue weighted by molar-refractivity contribution is -0.384. The van der Waals surface area contributed by atoms with Crippen molar-refractivity contribution in [3.8, 4) is 17.2 Å². The number of oxime groups is 1. The predicted octanol–water partition coefficient (Wildman–Crippen LogP) is 5.93. The summed E-state index contributed by atoms with van der Waals surface area (Å²) in [7, 11) is 1.47. The molecular weight excluding hydrogens is 738 g/mol. The molecule has 0 bridgehead atoms. The number of aliphatic hydroxyl groups is 3. The molecule has 1 saturated carbocycles. The van der Waals surface area contributed by atoms with E-state index in [4.69, 9.17) is 28.5 Å². The number of amides is 1. The van der Waals surface area contributed by atoms with Crippen LogP contribution in [0.15, 0.2) is 84.6 Å². The van der Waals surface area contributed by atoms with Crippen molar-refractivity contribution in [3.63, 3.8) is 0 Å². The maximum absolute atomic E-state index is 14.5. The van der Waals surface area contributed by atoms with Gasteiger partial charge < -0.3 is 43.8 Å². The smallest absolute Gasteiger partial charge is 0.415 e. The average Bonchev–Trinajstić information content (AvgIpc) is 3.21. The van der Waals surface area contributed by atoms with Crippen LogP contribution in [0.2, 0.25) is 0 Å². The van der Waals surface area contributed by atoms with Crippen LogP contribution in [0.25, 0.3) is 0 Å². The maximum Gasteiger partial charge on any atom is 0.415 e. The SMILES string of the molecule is C=CCOc1ccc2c(c1)[C@H]1[C@H](CCCCO)[C@@H](CCCCO)C=C3C(=NOC)C[C@H](N(CCOCCO)C(=O)Oc4ccc([N+](=O)[O-])cc4)[C@@](OCC=C)(O2)[C@H]31. The van der Waals surface area contributed by atoms with Crippen LogP contribution in [0.4, 0.5) is 10.5 Å². The number of fused-ring (bicyclic) bond motifs is 2. The van der Waals surface area contributed by atoms with Crippen LogP contribution in [-0.4, -0.2) is 109 Å². The number of nitro groups is 1. The highest BCUT2D eigenvalue weighted by Crippen LogP contribution is 2.62. The van der Waals surface area contributed by atoms with E-state index in [1.807, 2.05) is 18.2 Å². The van der Waals surface area contributed by atoms with E-state index in [1.54, 1.807) is 12.2 Å². The second-order valence-electron chi connectivity index (χ2n) is 14.2. The van der Waals surface area contributed by atoms with Crippen LogP contribution in [0, 0.1) is 27.9 Å². The summed E-state index contributed by atoms with van der Waals surface area (Å²) >= 11 is 0. The molecule has 15 nitrogen and oxygen atoms in total. The summed E-state index contributed by atoms with van der Waals surface area (Å²) in [6, 6.07) is 9.97. The zero-order chi connectivity index (χ0) is 40.8. The summed E-state index contributed by atoms with van der Waals surface area (Å²) in [5.41, 5.74) is 2.19. The minimum Gasteiger partial charge on any atom is -0.490 e. The second-order valence-corrected chi connectivity index (χ2v) is 14.2. The molecule has 3 aliphatic rings. The van der Waals surface area contributed by atoms with Gasteiger partial charge in [0.05, 0.1) is 43.0 Å². The number of hydrogen-bond acceptors (Lipinski definition) is 13. The van der Waals surface area contributed by atoms with Crippen molar-refractivity contribution in [2.75, 3.05) is 59.9 Å². The topological polar surface area (TPSA) is 192 Å². The summed E-state index contributed by atoms with van der Waals surface area (Å²) in [6.07, 6.45) is 9.22. The van der Waals surface area contributed by atoms with Gasteiger partial charge in [0.2, 0.25) is 5.79 Å². The molecule has 2 aromatic rings. The number of nitro benzene ring substituents is 1. The van der Waals surface area contributed by atoms with Crippen LogP contribution in [0.3, 0.4) is 0 Å². The van der Waals surface area contributed by atoms with E-state index in [0.717, 1.165) is 36.8 Å². The van der Waals surface area contributed by atoms with Gasteiger partial charge in [-0.1, -0.05) is 42.8 Å². The largest absolute Gasteiger partial charge is 0.490 e. The van der Waals surface area contributed by atoms with Crippen LogP contribution >= 0.6 is 0 Å². The Morgan fingerprint density at radius 3 is 2.39 bits per heavy atom. The third kappa shape index (κ3) is 10.0. The van der Waals surface area contributed by atoms with Crippen LogP contribution in [-0.2, 0) is 14.3 Å². The van der Waals surface area contributed by atoms with Crippen LogP contribution < -0.4 is 14.2 Å². The number of ether oxygens (including phenoxy) is 5. The third-order valence-electron chi connectivity index (χ3n) is 10.8. The van der Waals surface area contributed by atoms with E-state index < -0.39 is 28.8 Å². The van der Waals surface area contributed by atoms with Crippen molar-refractivity contribution >= 4 is 17.5 Å². The Labute approximate surface area is 333 Å². The molecule has 6 atom stereocenters. The van der Waals surface area contributed by atoms with Crippen LogP contribution in [0.1, 0.15) is 56.4 Å².